The molecule has 4 nitrogen and oxygen atoms in total. The Morgan fingerprint density at radius 2 is 1.95 bits per heavy atom. The maximum atomic E-state index is 12.3. The maximum absolute atomic E-state index is 12.3. The first-order valence-electron chi connectivity index (χ1n) is 7.04. The summed E-state index contributed by atoms with van der Waals surface area (Å²) in [5, 5.41) is 3.04. The first-order valence-corrected chi connectivity index (χ1v) is 7.04. The van der Waals surface area contributed by atoms with Crippen LogP contribution in [0.1, 0.15) is 19.4 Å². The van der Waals surface area contributed by atoms with Gasteiger partial charge < -0.3 is 15.0 Å². The third kappa shape index (κ3) is 5.56. The molecule has 0 fully saturated rings. The highest BCUT2D eigenvalue weighted by Crippen LogP contribution is 2.20. The molecule has 1 rings (SSSR count). The Morgan fingerprint density at radius 1 is 1.33 bits per heavy atom. The van der Waals surface area contributed by atoms with E-state index in [-0.39, 0.29) is 30.3 Å². The molecule has 0 saturated heterocycles. The summed E-state index contributed by atoms with van der Waals surface area (Å²) in [7, 11) is 5.41. The van der Waals surface area contributed by atoms with Gasteiger partial charge in [-0.15, -0.1) is 12.4 Å². The van der Waals surface area contributed by atoms with Crippen LogP contribution in [0.2, 0.25) is 0 Å². The second kappa shape index (κ2) is 9.64. The van der Waals surface area contributed by atoms with Gasteiger partial charge in [0.25, 0.3) is 0 Å². The number of carbonyl (C=O) groups excluding carboxylic acids is 1. The fourth-order valence-electron chi connectivity index (χ4n) is 2.29. The Kier molecular flexibility index (Phi) is 9.06. The van der Waals surface area contributed by atoms with E-state index in [2.05, 4.69) is 12.2 Å². The number of hydrogen-bond acceptors (Lipinski definition) is 3. The summed E-state index contributed by atoms with van der Waals surface area (Å²) in [6.45, 7) is 4.71. The molecule has 120 valence electrons. The predicted molar refractivity (Wildman–Crippen MR) is 89.3 cm³/mol. The average Bonchev–Trinajstić information content (AvgIpc) is 2.46. The van der Waals surface area contributed by atoms with Crippen molar-refractivity contribution in [2.24, 2.45) is 5.92 Å². The van der Waals surface area contributed by atoms with Gasteiger partial charge in [-0.1, -0.05) is 25.1 Å². The SMILES string of the molecule is CNCC(C)C(=O)N(C)C(C)Cc1ccccc1OC.Cl. The average molecular weight is 315 g/mol. The van der Waals surface area contributed by atoms with Gasteiger partial charge in [-0.3, -0.25) is 4.79 Å². The zero-order valence-electron chi connectivity index (χ0n) is 13.6. The molecule has 0 bridgehead atoms. The third-order valence-electron chi connectivity index (χ3n) is 3.65. The van der Waals surface area contributed by atoms with Crippen molar-refractivity contribution in [2.75, 3.05) is 27.7 Å². The van der Waals surface area contributed by atoms with Crippen LogP contribution in [0.15, 0.2) is 24.3 Å². The van der Waals surface area contributed by atoms with E-state index in [1.807, 2.05) is 50.2 Å². The molecule has 0 heterocycles. The van der Waals surface area contributed by atoms with Crippen molar-refractivity contribution in [2.45, 2.75) is 26.3 Å². The van der Waals surface area contributed by atoms with Crippen molar-refractivity contribution >= 4 is 18.3 Å². The molecule has 1 N–H and O–H groups in total. The molecule has 1 amide bonds. The number of carbonyl (C=O) groups is 1. The molecule has 0 aliphatic rings. The third-order valence-corrected chi connectivity index (χ3v) is 3.65. The Hall–Kier alpha value is -1.26. The number of likely N-dealkylation sites (N-methyl/N-ethyl adjacent to an activating group) is 1. The number of ether oxygens (including phenoxy) is 1. The summed E-state index contributed by atoms with van der Waals surface area (Å²) in [5.41, 5.74) is 1.13. The van der Waals surface area contributed by atoms with Crippen molar-refractivity contribution in [3.63, 3.8) is 0 Å². The van der Waals surface area contributed by atoms with E-state index in [1.54, 1.807) is 7.11 Å². The van der Waals surface area contributed by atoms with Crippen molar-refractivity contribution in [1.82, 2.24) is 10.2 Å². The molecule has 0 saturated carbocycles. The Labute approximate surface area is 134 Å². The standard InChI is InChI=1S/C16H26N2O2.ClH/c1-12(11-17-3)16(19)18(4)13(2)10-14-8-6-7-9-15(14)20-5;/h6-9,12-13,17H,10-11H2,1-5H3;1H. The van der Waals surface area contributed by atoms with Crippen molar-refractivity contribution < 1.29 is 9.53 Å². The van der Waals surface area contributed by atoms with E-state index < -0.39 is 0 Å². The van der Waals surface area contributed by atoms with E-state index in [0.29, 0.717) is 6.54 Å². The van der Waals surface area contributed by atoms with E-state index >= 15 is 0 Å². The van der Waals surface area contributed by atoms with Crippen molar-refractivity contribution in [1.29, 1.82) is 0 Å². The summed E-state index contributed by atoms with van der Waals surface area (Å²) in [6.07, 6.45) is 0.790. The van der Waals surface area contributed by atoms with Crippen LogP contribution >= 0.6 is 12.4 Å². The van der Waals surface area contributed by atoms with Gasteiger partial charge in [0, 0.05) is 25.6 Å². The molecule has 0 aliphatic heterocycles. The summed E-state index contributed by atoms with van der Waals surface area (Å²) in [4.78, 5) is 14.1. The molecule has 21 heavy (non-hydrogen) atoms. The minimum Gasteiger partial charge on any atom is -0.496 e. The van der Waals surface area contributed by atoms with E-state index in [0.717, 1.165) is 17.7 Å². The number of halogens is 1. The normalized spacial score (nSPS) is 13.0. The van der Waals surface area contributed by atoms with E-state index in [9.17, 15) is 4.79 Å². The highest BCUT2D eigenvalue weighted by atomic mass is 35.5. The molecular formula is C16H27ClN2O2. The van der Waals surface area contributed by atoms with E-state index in [4.69, 9.17) is 4.74 Å². The number of nitrogens with zero attached hydrogens (tertiary/aromatic N) is 1. The highest BCUT2D eigenvalue weighted by molar-refractivity contribution is 5.85. The summed E-state index contributed by atoms with van der Waals surface area (Å²) in [6, 6.07) is 8.09. The topological polar surface area (TPSA) is 41.6 Å². The van der Waals surface area contributed by atoms with Crippen LogP contribution in [0, 0.1) is 5.92 Å². The number of nitrogens with one attached hydrogen (secondary N) is 1. The zero-order chi connectivity index (χ0) is 15.1. The van der Waals surface area contributed by atoms with E-state index in [1.165, 1.54) is 0 Å². The number of amides is 1. The minimum absolute atomic E-state index is 0. The molecular weight excluding hydrogens is 288 g/mol. The van der Waals surface area contributed by atoms with Crippen LogP contribution in [0.4, 0.5) is 0 Å². The quantitative estimate of drug-likeness (QED) is 0.840. The lowest BCUT2D eigenvalue weighted by atomic mass is 10.0. The molecule has 0 aliphatic carbocycles. The Balaban J connectivity index is 0.00000400. The maximum Gasteiger partial charge on any atom is 0.226 e. The van der Waals surface area contributed by atoms with Gasteiger partial charge in [-0.05, 0) is 32.0 Å². The lowest BCUT2D eigenvalue weighted by Gasteiger charge is -2.28. The monoisotopic (exact) mass is 314 g/mol. The molecule has 0 radical (unpaired) electrons. The van der Waals surface area contributed by atoms with Crippen molar-refractivity contribution in [3.05, 3.63) is 29.8 Å². The minimum atomic E-state index is -0.00915. The van der Waals surface area contributed by atoms with Gasteiger partial charge in [-0.25, -0.2) is 0 Å². The fraction of sp³-hybridized carbons (Fsp3) is 0.562. The van der Waals surface area contributed by atoms with Crippen LogP contribution in [0.5, 0.6) is 5.75 Å². The summed E-state index contributed by atoms with van der Waals surface area (Å²) >= 11 is 0. The lowest BCUT2D eigenvalue weighted by molar-refractivity contribution is -0.135. The number of benzene rings is 1. The number of hydrogen-bond donors (Lipinski definition) is 1. The van der Waals surface area contributed by atoms with Gasteiger partial charge in [0.15, 0.2) is 0 Å². The molecule has 0 spiro atoms. The van der Waals surface area contributed by atoms with Gasteiger partial charge in [0.1, 0.15) is 5.75 Å². The first kappa shape index (κ1) is 19.7. The molecule has 2 atom stereocenters. The lowest BCUT2D eigenvalue weighted by Crippen LogP contribution is -2.41. The summed E-state index contributed by atoms with van der Waals surface area (Å²) < 4.78 is 5.36. The molecule has 1 aromatic rings. The molecule has 2 unspecified atom stereocenters. The molecule has 1 aromatic carbocycles. The van der Waals surface area contributed by atoms with Crippen LogP contribution in [0.3, 0.4) is 0 Å². The van der Waals surface area contributed by atoms with Crippen molar-refractivity contribution in [3.8, 4) is 5.75 Å². The van der Waals surface area contributed by atoms with Gasteiger partial charge >= 0.3 is 0 Å². The highest BCUT2D eigenvalue weighted by Gasteiger charge is 2.21. The van der Waals surface area contributed by atoms with Gasteiger partial charge in [0.2, 0.25) is 5.91 Å². The van der Waals surface area contributed by atoms with Crippen LogP contribution in [0.25, 0.3) is 0 Å². The number of methoxy groups -OCH3 is 1. The second-order valence-electron chi connectivity index (χ2n) is 5.27. The largest absolute Gasteiger partial charge is 0.496 e. The Morgan fingerprint density at radius 3 is 2.52 bits per heavy atom. The zero-order valence-corrected chi connectivity index (χ0v) is 14.4. The fourth-order valence-corrected chi connectivity index (χ4v) is 2.29. The number of para-hydroxylation sites is 1. The molecule has 5 heteroatoms. The molecule has 0 aromatic heterocycles. The van der Waals surface area contributed by atoms with Crippen LogP contribution in [-0.2, 0) is 11.2 Å². The summed E-state index contributed by atoms with van der Waals surface area (Å²) in [5.74, 6) is 1.04. The first-order chi connectivity index (χ1) is 9.51. The smallest absolute Gasteiger partial charge is 0.226 e. The van der Waals surface area contributed by atoms with Crippen LogP contribution in [-0.4, -0.2) is 44.6 Å². The van der Waals surface area contributed by atoms with Gasteiger partial charge in [0.05, 0.1) is 7.11 Å². The number of rotatable bonds is 7. The Bertz CT molecular complexity index is 440. The second-order valence-corrected chi connectivity index (χ2v) is 5.27. The van der Waals surface area contributed by atoms with Gasteiger partial charge in [-0.2, -0.15) is 0 Å². The van der Waals surface area contributed by atoms with Crippen LogP contribution < -0.4 is 10.1 Å². The predicted octanol–water partition coefficient (Wildman–Crippen LogP) is 2.36.